The Morgan fingerprint density at radius 2 is 1.81 bits per heavy atom. The number of ether oxygens (including phenoxy) is 2. The Morgan fingerprint density at radius 1 is 1.08 bits per heavy atom. The molecule has 0 saturated carbocycles. The summed E-state index contributed by atoms with van der Waals surface area (Å²) in [6.45, 7) is 7.99. The molecule has 0 aliphatic carbocycles. The number of hydrogen-bond acceptors (Lipinski definition) is 4. The maximum atomic E-state index is 11.5. The predicted octanol–water partition coefficient (Wildman–Crippen LogP) is 4.42. The Hall–Kier alpha value is -2.17. The van der Waals surface area contributed by atoms with E-state index in [-0.39, 0.29) is 5.60 Å². The summed E-state index contributed by atoms with van der Waals surface area (Å²) in [6.07, 6.45) is 0.850. The molecule has 0 unspecified atom stereocenters. The van der Waals surface area contributed by atoms with Crippen LogP contribution in [0.3, 0.4) is 0 Å². The van der Waals surface area contributed by atoms with Gasteiger partial charge in [-0.15, -0.1) is 0 Å². The summed E-state index contributed by atoms with van der Waals surface area (Å²) in [5.41, 5.74) is 3.51. The molecule has 0 saturated heterocycles. The van der Waals surface area contributed by atoms with E-state index >= 15 is 0 Å². The van der Waals surface area contributed by atoms with Gasteiger partial charge in [0.15, 0.2) is 6.29 Å². The normalized spacial score (nSPS) is 11.6. The van der Waals surface area contributed by atoms with Crippen molar-refractivity contribution in [3.63, 3.8) is 0 Å². The topological polar surface area (TPSA) is 38.8 Å². The fraction of sp³-hybridized carbons (Fsp3) is 0.409. The van der Waals surface area contributed by atoms with Gasteiger partial charge < -0.3 is 14.4 Å². The number of hydrogen-bond donors (Lipinski definition) is 0. The number of rotatable bonds is 8. The van der Waals surface area contributed by atoms with Gasteiger partial charge in [0.25, 0.3) is 0 Å². The first kappa shape index (κ1) is 20.1. The molecule has 0 amide bonds. The summed E-state index contributed by atoms with van der Waals surface area (Å²) in [6, 6.07) is 13.9. The molecule has 0 bridgehead atoms. The molecule has 0 aliphatic rings. The average molecular weight is 355 g/mol. The first-order valence-electron chi connectivity index (χ1n) is 8.89. The van der Waals surface area contributed by atoms with Gasteiger partial charge in [-0.3, -0.25) is 4.79 Å². The van der Waals surface area contributed by atoms with E-state index in [9.17, 15) is 4.79 Å². The van der Waals surface area contributed by atoms with Crippen LogP contribution in [0.2, 0.25) is 0 Å². The maximum absolute atomic E-state index is 11.5. The molecule has 140 valence electrons. The quantitative estimate of drug-likeness (QED) is 0.657. The zero-order chi connectivity index (χ0) is 19.2. The molecule has 0 N–H and O–H groups in total. The highest BCUT2D eigenvalue weighted by atomic mass is 16.5. The van der Waals surface area contributed by atoms with Gasteiger partial charge in [0, 0.05) is 6.54 Å². The summed E-state index contributed by atoms with van der Waals surface area (Å²) in [5, 5.41) is 0. The highest BCUT2D eigenvalue weighted by Crippen LogP contribution is 2.29. The molecule has 0 spiro atoms. The summed E-state index contributed by atoms with van der Waals surface area (Å²) >= 11 is 0. The SMILES string of the molecule is CN(C)CCOc1ccc(-c2ccccc2COC(C)(C)C)cc1C=O. The Balaban J connectivity index is 2.25. The van der Waals surface area contributed by atoms with Crippen molar-refractivity contribution < 1.29 is 14.3 Å². The van der Waals surface area contributed by atoms with Crippen LogP contribution in [0.4, 0.5) is 0 Å². The van der Waals surface area contributed by atoms with E-state index in [0.717, 1.165) is 29.5 Å². The minimum absolute atomic E-state index is 0.203. The van der Waals surface area contributed by atoms with Gasteiger partial charge in [-0.05, 0) is 63.7 Å². The lowest BCUT2D eigenvalue weighted by molar-refractivity contribution is -0.0147. The fourth-order valence-corrected chi connectivity index (χ4v) is 2.50. The first-order valence-corrected chi connectivity index (χ1v) is 8.89. The van der Waals surface area contributed by atoms with E-state index in [4.69, 9.17) is 9.47 Å². The Bertz CT molecular complexity index is 732. The number of aldehydes is 1. The van der Waals surface area contributed by atoms with E-state index in [0.29, 0.717) is 24.5 Å². The van der Waals surface area contributed by atoms with Gasteiger partial charge in [-0.1, -0.05) is 30.3 Å². The molecular weight excluding hydrogens is 326 g/mol. The molecule has 0 atom stereocenters. The Labute approximate surface area is 156 Å². The minimum atomic E-state index is -0.203. The van der Waals surface area contributed by atoms with Crippen molar-refractivity contribution in [3.8, 4) is 16.9 Å². The van der Waals surface area contributed by atoms with Crippen LogP contribution < -0.4 is 4.74 Å². The van der Waals surface area contributed by atoms with Crippen LogP contribution in [0, 0.1) is 0 Å². The number of nitrogens with zero attached hydrogens (tertiary/aromatic N) is 1. The van der Waals surface area contributed by atoms with Crippen molar-refractivity contribution in [1.82, 2.24) is 4.90 Å². The summed E-state index contributed by atoms with van der Waals surface area (Å²) in [5.74, 6) is 0.619. The molecule has 0 aromatic heterocycles. The second kappa shape index (κ2) is 8.97. The van der Waals surface area contributed by atoms with Crippen molar-refractivity contribution in [2.45, 2.75) is 33.0 Å². The monoisotopic (exact) mass is 355 g/mol. The van der Waals surface area contributed by atoms with Crippen molar-refractivity contribution in [2.24, 2.45) is 0 Å². The summed E-state index contributed by atoms with van der Waals surface area (Å²) in [7, 11) is 3.98. The molecule has 2 aromatic carbocycles. The third-order valence-corrected chi connectivity index (χ3v) is 3.92. The molecule has 2 aromatic rings. The van der Waals surface area contributed by atoms with Crippen LogP contribution in [0.15, 0.2) is 42.5 Å². The molecule has 0 heterocycles. The molecule has 4 nitrogen and oxygen atoms in total. The molecule has 0 radical (unpaired) electrons. The number of carbonyl (C=O) groups excluding carboxylic acids is 1. The van der Waals surface area contributed by atoms with E-state index in [1.54, 1.807) is 0 Å². The lowest BCUT2D eigenvalue weighted by Crippen LogP contribution is -2.19. The van der Waals surface area contributed by atoms with Crippen molar-refractivity contribution in [1.29, 1.82) is 0 Å². The Kier molecular flexibility index (Phi) is 6.95. The zero-order valence-electron chi connectivity index (χ0n) is 16.4. The lowest BCUT2D eigenvalue weighted by atomic mass is 9.98. The van der Waals surface area contributed by atoms with Crippen LogP contribution in [-0.4, -0.2) is 44.0 Å². The third kappa shape index (κ3) is 5.97. The van der Waals surface area contributed by atoms with E-state index in [1.807, 2.05) is 70.1 Å². The predicted molar refractivity (Wildman–Crippen MR) is 106 cm³/mol. The molecule has 26 heavy (non-hydrogen) atoms. The second-order valence-electron chi connectivity index (χ2n) is 7.58. The highest BCUT2D eigenvalue weighted by Gasteiger charge is 2.13. The number of benzene rings is 2. The maximum Gasteiger partial charge on any atom is 0.153 e. The fourth-order valence-electron chi connectivity index (χ4n) is 2.50. The third-order valence-electron chi connectivity index (χ3n) is 3.92. The molecule has 2 rings (SSSR count). The lowest BCUT2D eigenvalue weighted by Gasteiger charge is -2.21. The summed E-state index contributed by atoms with van der Waals surface area (Å²) in [4.78, 5) is 13.6. The van der Waals surface area contributed by atoms with Gasteiger partial charge in [0.1, 0.15) is 12.4 Å². The standard InChI is InChI=1S/C22H29NO3/c1-22(2,3)26-16-18-8-6-7-9-20(18)17-10-11-21(19(14-17)15-24)25-13-12-23(4)5/h6-11,14-15H,12-13,16H2,1-5H3. The van der Waals surface area contributed by atoms with Gasteiger partial charge in [0.2, 0.25) is 0 Å². The van der Waals surface area contributed by atoms with Gasteiger partial charge in [-0.25, -0.2) is 0 Å². The molecule has 4 heteroatoms. The second-order valence-corrected chi connectivity index (χ2v) is 7.58. The van der Waals surface area contributed by atoms with E-state index < -0.39 is 0 Å². The van der Waals surface area contributed by atoms with Crippen LogP contribution in [0.1, 0.15) is 36.7 Å². The first-order chi connectivity index (χ1) is 12.3. The molecule has 0 aliphatic heterocycles. The van der Waals surface area contributed by atoms with E-state index in [2.05, 4.69) is 12.1 Å². The van der Waals surface area contributed by atoms with Gasteiger partial charge in [0.05, 0.1) is 17.8 Å². The van der Waals surface area contributed by atoms with Gasteiger partial charge in [-0.2, -0.15) is 0 Å². The van der Waals surface area contributed by atoms with Gasteiger partial charge >= 0.3 is 0 Å². The molecular formula is C22H29NO3. The Morgan fingerprint density at radius 3 is 2.46 bits per heavy atom. The van der Waals surface area contributed by atoms with Crippen LogP contribution in [-0.2, 0) is 11.3 Å². The van der Waals surface area contributed by atoms with Crippen molar-refractivity contribution >= 4 is 6.29 Å². The minimum Gasteiger partial charge on any atom is -0.492 e. The van der Waals surface area contributed by atoms with E-state index in [1.165, 1.54) is 0 Å². The van der Waals surface area contributed by atoms with Crippen LogP contribution >= 0.6 is 0 Å². The smallest absolute Gasteiger partial charge is 0.153 e. The molecule has 0 fully saturated rings. The largest absolute Gasteiger partial charge is 0.492 e. The van der Waals surface area contributed by atoms with Crippen molar-refractivity contribution in [2.75, 3.05) is 27.2 Å². The zero-order valence-corrected chi connectivity index (χ0v) is 16.4. The number of carbonyl (C=O) groups is 1. The number of likely N-dealkylation sites (N-methyl/N-ethyl adjacent to an activating group) is 1. The highest BCUT2D eigenvalue weighted by molar-refractivity contribution is 5.83. The van der Waals surface area contributed by atoms with Crippen LogP contribution in [0.5, 0.6) is 5.75 Å². The van der Waals surface area contributed by atoms with Crippen molar-refractivity contribution in [3.05, 3.63) is 53.6 Å². The van der Waals surface area contributed by atoms with Crippen LogP contribution in [0.25, 0.3) is 11.1 Å². The average Bonchev–Trinajstić information content (AvgIpc) is 2.59. The summed E-state index contributed by atoms with van der Waals surface area (Å²) < 4.78 is 11.7.